The fourth-order valence-corrected chi connectivity index (χ4v) is 3.44. The predicted molar refractivity (Wildman–Crippen MR) is 123 cm³/mol. The summed E-state index contributed by atoms with van der Waals surface area (Å²) in [4.78, 5) is 14.8. The van der Waals surface area contributed by atoms with Crippen LogP contribution in [0, 0.1) is 6.92 Å². The minimum atomic E-state index is -1.21. The molecule has 31 heavy (non-hydrogen) atoms. The number of para-hydroxylation sites is 1. The Kier molecular flexibility index (Phi) is 8.96. The van der Waals surface area contributed by atoms with E-state index < -0.39 is 12.0 Å². The molecule has 7 heteroatoms. The molecule has 0 saturated carbocycles. The molecule has 1 heterocycles. The van der Waals surface area contributed by atoms with Crippen LogP contribution >= 0.6 is 0 Å². The van der Waals surface area contributed by atoms with Crippen molar-refractivity contribution in [2.24, 2.45) is 0 Å². The van der Waals surface area contributed by atoms with Crippen molar-refractivity contribution in [1.82, 2.24) is 15.4 Å². The number of nitrogens with one attached hydrogen (secondary N) is 2. The van der Waals surface area contributed by atoms with Crippen LogP contribution in [-0.4, -0.2) is 50.9 Å². The molecule has 3 rings (SSSR count). The van der Waals surface area contributed by atoms with E-state index in [4.69, 9.17) is 5.11 Å². The van der Waals surface area contributed by atoms with Crippen LogP contribution in [-0.2, 0) is 17.8 Å². The van der Waals surface area contributed by atoms with Gasteiger partial charge in [-0.05, 0) is 49.6 Å². The Labute approximate surface area is 182 Å². The minimum absolute atomic E-state index is 0. The quantitative estimate of drug-likeness (QED) is 0.239. The summed E-state index contributed by atoms with van der Waals surface area (Å²) in [6.07, 6.45) is 3.27. The zero-order chi connectivity index (χ0) is 21.5. The third kappa shape index (κ3) is 6.50. The average molecular weight is 426 g/mol. The highest BCUT2D eigenvalue weighted by molar-refractivity contribution is 5.84. The molecule has 0 bridgehead atoms. The molecule has 0 fully saturated rings. The average Bonchev–Trinajstić information content (AvgIpc) is 3.06. The normalized spacial score (nSPS) is 12.1. The Hall–Kier alpha value is -2.97. The summed E-state index contributed by atoms with van der Waals surface area (Å²) in [5.41, 5.74) is 5.95. The summed E-state index contributed by atoms with van der Waals surface area (Å²) in [6, 6.07) is 16.5. The van der Waals surface area contributed by atoms with Crippen molar-refractivity contribution >= 4 is 22.9 Å². The molecule has 0 aliphatic carbocycles. The molecule has 1 atom stereocenters. The van der Waals surface area contributed by atoms with Crippen molar-refractivity contribution in [2.75, 3.05) is 13.1 Å². The maximum Gasteiger partial charge on any atom is 0.274 e. The maximum atomic E-state index is 11.4. The maximum absolute atomic E-state index is 11.4. The first-order chi connectivity index (χ1) is 14.5. The number of amides is 1. The molecule has 3 aromatic rings. The van der Waals surface area contributed by atoms with Crippen molar-refractivity contribution in [3.05, 3.63) is 77.0 Å². The van der Waals surface area contributed by atoms with Gasteiger partial charge >= 0.3 is 0 Å². The van der Waals surface area contributed by atoms with Crippen molar-refractivity contribution in [3.63, 3.8) is 0 Å². The molecule has 6 N–H and O–H groups in total. The van der Waals surface area contributed by atoms with Crippen LogP contribution in [0.5, 0.6) is 0 Å². The lowest BCUT2D eigenvalue weighted by Gasteiger charge is -2.14. The Bertz CT molecular complexity index is 1010. The summed E-state index contributed by atoms with van der Waals surface area (Å²) in [7, 11) is 0. The van der Waals surface area contributed by atoms with Gasteiger partial charge in [0, 0.05) is 23.1 Å². The number of benzene rings is 2. The number of rotatable bonds is 9. The van der Waals surface area contributed by atoms with Crippen molar-refractivity contribution < 1.29 is 20.6 Å². The van der Waals surface area contributed by atoms with Crippen LogP contribution in [0.25, 0.3) is 17.0 Å². The van der Waals surface area contributed by atoms with Gasteiger partial charge in [-0.25, -0.2) is 5.06 Å². The first-order valence-corrected chi connectivity index (χ1v) is 10.2. The van der Waals surface area contributed by atoms with E-state index >= 15 is 0 Å². The van der Waals surface area contributed by atoms with Crippen LogP contribution in [0.2, 0.25) is 0 Å². The number of aromatic nitrogens is 1. The first-order valence-electron chi connectivity index (χ1n) is 10.2. The Morgan fingerprint density at radius 2 is 1.90 bits per heavy atom. The van der Waals surface area contributed by atoms with Crippen LogP contribution in [0.15, 0.2) is 54.6 Å². The SMILES string of the molecule is Cc1[nH]c2ccccc2c1CCNCc1ccc(/C=C/CN(O)C(=O)C(C)O)cc1.O. The lowest BCUT2D eigenvalue weighted by molar-refractivity contribution is -0.171. The zero-order valence-corrected chi connectivity index (χ0v) is 17.9. The van der Waals surface area contributed by atoms with Gasteiger partial charge in [0.25, 0.3) is 5.91 Å². The zero-order valence-electron chi connectivity index (χ0n) is 17.9. The second-order valence-electron chi connectivity index (χ2n) is 7.44. The van der Waals surface area contributed by atoms with Gasteiger partial charge in [-0.3, -0.25) is 10.0 Å². The van der Waals surface area contributed by atoms with Crippen LogP contribution in [0.1, 0.15) is 29.3 Å². The Morgan fingerprint density at radius 3 is 2.61 bits per heavy atom. The molecular weight excluding hydrogens is 394 g/mol. The summed E-state index contributed by atoms with van der Waals surface area (Å²) < 4.78 is 0. The second-order valence-corrected chi connectivity index (χ2v) is 7.44. The predicted octanol–water partition coefficient (Wildman–Crippen LogP) is 2.60. The van der Waals surface area contributed by atoms with E-state index in [1.54, 1.807) is 6.08 Å². The molecule has 1 amide bonds. The number of H-pyrrole nitrogens is 1. The number of carbonyl (C=O) groups is 1. The van der Waals surface area contributed by atoms with E-state index in [0.717, 1.165) is 25.1 Å². The fraction of sp³-hybridized carbons (Fsp3) is 0.292. The molecule has 1 aromatic heterocycles. The largest absolute Gasteiger partial charge is 0.412 e. The number of carbonyl (C=O) groups excluding carboxylic acids is 1. The molecule has 7 nitrogen and oxygen atoms in total. The molecule has 1 unspecified atom stereocenters. The molecular formula is C24H31N3O4. The van der Waals surface area contributed by atoms with Crippen molar-refractivity contribution in [1.29, 1.82) is 0 Å². The molecule has 0 aliphatic rings. The number of nitrogens with zero attached hydrogens (tertiary/aromatic N) is 1. The van der Waals surface area contributed by atoms with E-state index in [1.165, 1.54) is 34.6 Å². The second kappa shape index (κ2) is 11.4. The van der Waals surface area contributed by atoms with Gasteiger partial charge in [0.15, 0.2) is 0 Å². The number of hydroxylamine groups is 2. The third-order valence-corrected chi connectivity index (χ3v) is 5.09. The lowest BCUT2D eigenvalue weighted by Crippen LogP contribution is -2.35. The summed E-state index contributed by atoms with van der Waals surface area (Å²) in [6.45, 7) is 5.16. The van der Waals surface area contributed by atoms with Gasteiger partial charge in [0.2, 0.25) is 0 Å². The highest BCUT2D eigenvalue weighted by Crippen LogP contribution is 2.21. The van der Waals surface area contributed by atoms with Gasteiger partial charge in [-0.1, -0.05) is 54.6 Å². The standard InChI is InChI=1S/C24H29N3O3.H2O/c1-17-21(22-7-3-4-8-23(22)26-17)13-14-25-16-20-11-9-19(10-12-20)6-5-15-27(30)24(29)18(2)28;/h3-12,18,25-26,28,30H,13-16H2,1-2H3;1H2/b6-5+;. The number of aliphatic hydroxyl groups excluding tert-OH is 1. The number of aliphatic hydroxyl groups is 1. The molecule has 0 radical (unpaired) electrons. The van der Waals surface area contributed by atoms with Crippen molar-refractivity contribution in [2.45, 2.75) is 32.9 Å². The summed E-state index contributed by atoms with van der Waals surface area (Å²) >= 11 is 0. The van der Waals surface area contributed by atoms with Crippen LogP contribution in [0.3, 0.4) is 0 Å². The molecule has 0 aliphatic heterocycles. The smallest absolute Gasteiger partial charge is 0.274 e. The van der Waals surface area contributed by atoms with E-state index in [2.05, 4.69) is 47.6 Å². The number of aromatic amines is 1. The highest BCUT2D eigenvalue weighted by Gasteiger charge is 2.14. The highest BCUT2D eigenvalue weighted by atomic mass is 16.5. The van der Waals surface area contributed by atoms with Crippen molar-refractivity contribution in [3.8, 4) is 0 Å². The molecule has 2 aromatic carbocycles. The molecule has 0 spiro atoms. The van der Waals surface area contributed by atoms with E-state index in [0.29, 0.717) is 5.06 Å². The number of aryl methyl sites for hydroxylation is 1. The number of hydrogen-bond acceptors (Lipinski definition) is 4. The summed E-state index contributed by atoms with van der Waals surface area (Å²) in [5.74, 6) is -0.719. The number of hydrogen-bond donors (Lipinski definition) is 4. The topological polar surface area (TPSA) is 120 Å². The number of fused-ring (bicyclic) bond motifs is 1. The third-order valence-electron chi connectivity index (χ3n) is 5.09. The molecule has 166 valence electrons. The Morgan fingerprint density at radius 1 is 1.19 bits per heavy atom. The van der Waals surface area contributed by atoms with E-state index in [-0.39, 0.29) is 12.0 Å². The monoisotopic (exact) mass is 425 g/mol. The van der Waals surface area contributed by atoms with Gasteiger partial charge in [-0.2, -0.15) is 0 Å². The van der Waals surface area contributed by atoms with E-state index in [9.17, 15) is 10.0 Å². The fourth-order valence-electron chi connectivity index (χ4n) is 3.44. The van der Waals surface area contributed by atoms with Gasteiger partial charge in [-0.15, -0.1) is 0 Å². The van der Waals surface area contributed by atoms with Crippen LogP contribution < -0.4 is 5.32 Å². The first kappa shape index (κ1) is 24.3. The summed E-state index contributed by atoms with van der Waals surface area (Å²) in [5, 5.41) is 24.0. The van der Waals surface area contributed by atoms with Crippen LogP contribution in [0.4, 0.5) is 0 Å². The van der Waals surface area contributed by atoms with E-state index in [1.807, 2.05) is 24.3 Å². The minimum Gasteiger partial charge on any atom is -0.412 e. The Balaban J connectivity index is 0.00000341. The van der Waals surface area contributed by atoms with Gasteiger partial charge in [0.1, 0.15) is 6.10 Å². The molecule has 0 saturated heterocycles. The lowest BCUT2D eigenvalue weighted by atomic mass is 10.1. The van der Waals surface area contributed by atoms with Gasteiger partial charge < -0.3 is 20.9 Å². The van der Waals surface area contributed by atoms with Gasteiger partial charge in [0.05, 0.1) is 6.54 Å².